The number of rotatable bonds is 2. The number of carbonyl (C=O) groups is 1. The number of carbonyl (C=O) groups excluding carboxylic acids is 1. The van der Waals surface area contributed by atoms with Gasteiger partial charge in [0.05, 0.1) is 15.9 Å². The Morgan fingerprint density at radius 3 is 2.82 bits per heavy atom. The van der Waals surface area contributed by atoms with Gasteiger partial charge in [-0.2, -0.15) is 0 Å². The summed E-state index contributed by atoms with van der Waals surface area (Å²) in [5, 5.41) is 10.6. The molecule has 1 unspecified atom stereocenters. The predicted molar refractivity (Wildman–Crippen MR) is 66.4 cm³/mol. The summed E-state index contributed by atoms with van der Waals surface area (Å²) in [5.41, 5.74) is 0.809. The second-order valence-electron chi connectivity index (χ2n) is 3.82. The van der Waals surface area contributed by atoms with E-state index in [4.69, 9.17) is 0 Å². The maximum atomic E-state index is 11.9. The smallest absolute Gasteiger partial charge is 0.270 e. The molecule has 1 aromatic carbocycles. The average Bonchev–Trinajstić information content (AvgIpc) is 2.33. The molecule has 6 heteroatoms. The van der Waals surface area contributed by atoms with Crippen molar-refractivity contribution in [2.75, 3.05) is 11.9 Å². The van der Waals surface area contributed by atoms with E-state index in [0.717, 1.165) is 17.0 Å². The highest BCUT2D eigenvalue weighted by atomic mass is 32.2. The Labute approximate surface area is 103 Å². The van der Waals surface area contributed by atoms with Crippen molar-refractivity contribution in [3.63, 3.8) is 0 Å². The average molecular weight is 252 g/mol. The van der Waals surface area contributed by atoms with E-state index in [-0.39, 0.29) is 16.8 Å². The Kier molecular flexibility index (Phi) is 3.06. The van der Waals surface area contributed by atoms with Crippen LogP contribution in [-0.4, -0.2) is 23.1 Å². The molecule has 1 aromatic rings. The van der Waals surface area contributed by atoms with Crippen molar-refractivity contribution in [2.24, 2.45) is 0 Å². The Bertz CT molecular complexity index is 490. The van der Waals surface area contributed by atoms with Crippen molar-refractivity contribution in [3.05, 3.63) is 28.3 Å². The summed E-state index contributed by atoms with van der Waals surface area (Å²) < 4.78 is 0. The predicted octanol–water partition coefficient (Wildman–Crippen LogP) is 2.44. The summed E-state index contributed by atoms with van der Waals surface area (Å²) in [5.74, 6) is 0.0545. The molecule has 5 nitrogen and oxygen atoms in total. The van der Waals surface area contributed by atoms with E-state index < -0.39 is 4.92 Å². The van der Waals surface area contributed by atoms with Gasteiger partial charge in [0.2, 0.25) is 5.91 Å². The molecule has 0 spiro atoms. The third-order valence-corrected chi connectivity index (χ3v) is 4.16. The van der Waals surface area contributed by atoms with Crippen LogP contribution in [0.5, 0.6) is 0 Å². The molecule has 1 atom stereocenters. The van der Waals surface area contributed by atoms with Gasteiger partial charge < -0.3 is 4.90 Å². The van der Waals surface area contributed by atoms with Gasteiger partial charge in [0, 0.05) is 24.1 Å². The van der Waals surface area contributed by atoms with Crippen molar-refractivity contribution in [3.8, 4) is 0 Å². The highest BCUT2D eigenvalue weighted by molar-refractivity contribution is 8.01. The molecular formula is C11H12N2O3S. The molecule has 1 aliphatic heterocycles. The topological polar surface area (TPSA) is 63.5 Å². The zero-order chi connectivity index (χ0) is 12.6. The number of hydrogen-bond acceptors (Lipinski definition) is 4. The van der Waals surface area contributed by atoms with Crippen molar-refractivity contribution < 1.29 is 9.72 Å². The van der Waals surface area contributed by atoms with Gasteiger partial charge in [0.25, 0.3) is 5.69 Å². The van der Waals surface area contributed by atoms with Crippen LogP contribution in [0.1, 0.15) is 13.3 Å². The van der Waals surface area contributed by atoms with Crippen molar-refractivity contribution in [2.45, 2.75) is 23.5 Å². The first-order valence-electron chi connectivity index (χ1n) is 5.27. The van der Waals surface area contributed by atoms with Gasteiger partial charge in [0.1, 0.15) is 0 Å². The van der Waals surface area contributed by atoms with E-state index in [9.17, 15) is 14.9 Å². The quantitative estimate of drug-likeness (QED) is 0.599. The minimum atomic E-state index is -0.418. The lowest BCUT2D eigenvalue weighted by atomic mass is 10.2. The molecule has 0 N–H and O–H groups in total. The molecule has 0 saturated heterocycles. The van der Waals surface area contributed by atoms with E-state index in [0.29, 0.717) is 0 Å². The fourth-order valence-electron chi connectivity index (χ4n) is 1.78. The Balaban J connectivity index is 2.46. The summed E-state index contributed by atoms with van der Waals surface area (Å²) in [7, 11) is 1.70. The van der Waals surface area contributed by atoms with E-state index in [1.165, 1.54) is 23.9 Å². The second-order valence-corrected chi connectivity index (χ2v) is 5.07. The fraction of sp³-hybridized carbons (Fsp3) is 0.364. The van der Waals surface area contributed by atoms with Crippen LogP contribution in [0, 0.1) is 10.1 Å². The lowest BCUT2D eigenvalue weighted by Crippen LogP contribution is -2.37. The number of nitrogens with zero attached hydrogens (tertiary/aromatic N) is 2. The van der Waals surface area contributed by atoms with Crippen LogP contribution in [0.4, 0.5) is 11.4 Å². The maximum absolute atomic E-state index is 11.9. The first-order chi connectivity index (χ1) is 8.04. The van der Waals surface area contributed by atoms with Crippen LogP contribution >= 0.6 is 11.8 Å². The molecule has 0 aromatic heterocycles. The molecule has 90 valence electrons. The number of anilines is 1. The summed E-state index contributed by atoms with van der Waals surface area (Å²) in [6.45, 7) is 1.94. The molecule has 2 rings (SSSR count). The van der Waals surface area contributed by atoms with Gasteiger partial charge in [-0.3, -0.25) is 14.9 Å². The maximum Gasteiger partial charge on any atom is 0.270 e. The van der Waals surface area contributed by atoms with E-state index in [1.54, 1.807) is 18.0 Å². The number of nitro groups is 1. The number of non-ortho nitro benzene ring substituents is 1. The largest absolute Gasteiger partial charge is 0.313 e. The van der Waals surface area contributed by atoms with Crippen LogP contribution in [0.15, 0.2) is 23.1 Å². The van der Waals surface area contributed by atoms with Crippen molar-refractivity contribution >= 4 is 29.0 Å². The van der Waals surface area contributed by atoms with Gasteiger partial charge in [0.15, 0.2) is 0 Å². The Morgan fingerprint density at radius 1 is 1.53 bits per heavy atom. The highest BCUT2D eigenvalue weighted by Crippen LogP contribution is 2.41. The zero-order valence-corrected chi connectivity index (χ0v) is 10.4. The number of benzene rings is 1. The number of nitro benzene ring substituents is 1. The van der Waals surface area contributed by atoms with Gasteiger partial charge >= 0.3 is 0 Å². The molecular weight excluding hydrogens is 240 g/mol. The number of thioether (sulfide) groups is 1. The van der Waals surface area contributed by atoms with Crippen LogP contribution in [0.3, 0.4) is 0 Å². The van der Waals surface area contributed by atoms with Crippen molar-refractivity contribution in [1.82, 2.24) is 0 Å². The molecule has 0 fully saturated rings. The van der Waals surface area contributed by atoms with Crippen LogP contribution in [-0.2, 0) is 4.79 Å². The Morgan fingerprint density at radius 2 is 2.24 bits per heavy atom. The molecule has 17 heavy (non-hydrogen) atoms. The molecule has 1 aliphatic rings. The number of hydrogen-bond donors (Lipinski definition) is 0. The fourth-order valence-corrected chi connectivity index (χ4v) is 3.03. The molecule has 0 aliphatic carbocycles. The summed E-state index contributed by atoms with van der Waals surface area (Å²) in [6, 6.07) is 4.59. The van der Waals surface area contributed by atoms with Crippen molar-refractivity contribution in [1.29, 1.82) is 0 Å². The van der Waals surface area contributed by atoms with Gasteiger partial charge in [-0.1, -0.05) is 6.92 Å². The minimum absolute atomic E-state index is 0.0545. The monoisotopic (exact) mass is 252 g/mol. The third kappa shape index (κ3) is 2.00. The molecule has 0 radical (unpaired) electrons. The second kappa shape index (κ2) is 4.37. The lowest BCUT2D eigenvalue weighted by Gasteiger charge is -2.30. The van der Waals surface area contributed by atoms with E-state index >= 15 is 0 Å². The minimum Gasteiger partial charge on any atom is -0.313 e. The van der Waals surface area contributed by atoms with Crippen LogP contribution < -0.4 is 4.90 Å². The van der Waals surface area contributed by atoms with Crippen LogP contribution in [0.25, 0.3) is 0 Å². The van der Waals surface area contributed by atoms with Crippen LogP contribution in [0.2, 0.25) is 0 Å². The standard InChI is InChI=1S/C11H12N2O3S/c1-3-9-11(14)12(2)8-5-4-7(13(15)16)6-10(8)17-9/h4-6,9H,3H2,1-2H3. The molecule has 1 amide bonds. The summed E-state index contributed by atoms with van der Waals surface area (Å²) in [6.07, 6.45) is 0.718. The Hall–Kier alpha value is -1.56. The third-order valence-electron chi connectivity index (χ3n) is 2.76. The van der Waals surface area contributed by atoms with Gasteiger partial charge in [-0.15, -0.1) is 11.8 Å². The molecule has 1 heterocycles. The first kappa shape index (κ1) is 11.9. The van der Waals surface area contributed by atoms with Gasteiger partial charge in [-0.05, 0) is 12.5 Å². The summed E-state index contributed by atoms with van der Waals surface area (Å²) in [4.78, 5) is 24.6. The lowest BCUT2D eigenvalue weighted by molar-refractivity contribution is -0.385. The molecule has 0 saturated carbocycles. The van der Waals surface area contributed by atoms with E-state index in [1.807, 2.05) is 6.92 Å². The normalized spacial score (nSPS) is 19.1. The SMILES string of the molecule is CCC1Sc2cc([N+](=O)[O-])ccc2N(C)C1=O. The molecule has 0 bridgehead atoms. The van der Waals surface area contributed by atoms with Gasteiger partial charge in [-0.25, -0.2) is 0 Å². The first-order valence-corrected chi connectivity index (χ1v) is 6.15. The highest BCUT2D eigenvalue weighted by Gasteiger charge is 2.31. The summed E-state index contributed by atoms with van der Waals surface area (Å²) >= 11 is 1.40. The van der Waals surface area contributed by atoms with E-state index in [2.05, 4.69) is 0 Å². The zero-order valence-electron chi connectivity index (χ0n) is 9.54. The number of amides is 1. The number of fused-ring (bicyclic) bond motifs is 1.